The van der Waals surface area contributed by atoms with E-state index in [4.69, 9.17) is 23.2 Å². The largest absolute Gasteiger partial charge is 0.273 e. The fourth-order valence-electron chi connectivity index (χ4n) is 3.50. The molecular weight excluding hydrogens is 369 g/mol. The molecule has 0 amide bonds. The van der Waals surface area contributed by atoms with E-state index in [9.17, 15) is 4.79 Å². The van der Waals surface area contributed by atoms with Crippen LogP contribution in [0.3, 0.4) is 0 Å². The third-order valence-corrected chi connectivity index (χ3v) is 5.16. The van der Waals surface area contributed by atoms with Crippen LogP contribution in [0, 0.1) is 5.41 Å². The summed E-state index contributed by atoms with van der Waals surface area (Å²) in [5, 5.41) is 8.84. The molecule has 0 bridgehead atoms. The van der Waals surface area contributed by atoms with Gasteiger partial charge < -0.3 is 0 Å². The smallest absolute Gasteiger partial charge is 0.248 e. The zero-order valence-electron chi connectivity index (χ0n) is 14.8. The third kappa shape index (κ3) is 3.04. The Labute approximate surface area is 162 Å². The van der Waals surface area contributed by atoms with Crippen molar-refractivity contribution in [3.05, 3.63) is 82.4 Å². The lowest BCUT2D eigenvalue weighted by molar-refractivity contribution is 0.0706. The lowest BCUT2D eigenvalue weighted by atomic mass is 9.58. The second kappa shape index (κ2) is 6.86. The Morgan fingerprint density at radius 2 is 1.19 bits per heavy atom. The van der Waals surface area contributed by atoms with E-state index in [-0.39, 0.29) is 5.91 Å². The highest BCUT2D eigenvalue weighted by molar-refractivity contribution is 6.30. The fourth-order valence-corrected chi connectivity index (χ4v) is 3.75. The van der Waals surface area contributed by atoms with Crippen molar-refractivity contribution in [1.82, 2.24) is 14.8 Å². The Bertz CT molecular complexity index is 850. The first kappa shape index (κ1) is 18.6. The molecule has 0 unspecified atom stereocenters. The zero-order valence-corrected chi connectivity index (χ0v) is 16.3. The average molecular weight is 388 g/mol. The predicted octanol–water partition coefficient (Wildman–Crippen LogP) is 5.26. The van der Waals surface area contributed by atoms with Crippen molar-refractivity contribution in [2.75, 3.05) is 0 Å². The molecule has 6 heteroatoms. The molecule has 4 nitrogen and oxygen atoms in total. The number of aromatic nitrogens is 3. The molecule has 26 heavy (non-hydrogen) atoms. The summed E-state index contributed by atoms with van der Waals surface area (Å²) in [6, 6.07) is 14.8. The van der Waals surface area contributed by atoms with Crippen LogP contribution in [0.2, 0.25) is 10.0 Å². The number of rotatable bonds is 3. The summed E-state index contributed by atoms with van der Waals surface area (Å²) in [4.78, 5) is 13.8. The maximum atomic E-state index is 13.8. The molecule has 0 fully saturated rings. The lowest BCUT2D eigenvalue weighted by Crippen LogP contribution is -2.50. The second-order valence-corrected chi connectivity index (χ2v) is 8.06. The van der Waals surface area contributed by atoms with E-state index in [0.29, 0.717) is 10.0 Å². The molecule has 2 aromatic carbocycles. The summed E-state index contributed by atoms with van der Waals surface area (Å²) in [6.45, 7) is 6.12. The van der Waals surface area contributed by atoms with Gasteiger partial charge in [0.2, 0.25) is 5.91 Å². The van der Waals surface area contributed by atoms with Crippen molar-refractivity contribution in [2.24, 2.45) is 5.41 Å². The molecule has 0 spiro atoms. The zero-order chi connectivity index (χ0) is 18.9. The van der Waals surface area contributed by atoms with Gasteiger partial charge >= 0.3 is 0 Å². The maximum absolute atomic E-state index is 13.8. The first-order chi connectivity index (χ1) is 12.3. The Morgan fingerprint density at radius 1 is 0.808 bits per heavy atom. The standard InChI is InChI=1S/C20H19Cl2N3O/c1-19(2,3)20(14-4-8-16(21)9-5-14,15-6-10-17(22)11-7-15)18(26)25-12-23-24-13-25/h4-13H,1-3H3. The Hall–Kier alpha value is -2.17. The highest BCUT2D eigenvalue weighted by Crippen LogP contribution is 2.48. The Balaban J connectivity index is 2.36. The summed E-state index contributed by atoms with van der Waals surface area (Å²) >= 11 is 12.2. The number of nitrogens with zero attached hydrogens (tertiary/aromatic N) is 3. The maximum Gasteiger partial charge on any atom is 0.248 e. The highest BCUT2D eigenvalue weighted by Gasteiger charge is 2.52. The molecule has 0 atom stereocenters. The third-order valence-electron chi connectivity index (χ3n) is 4.65. The van der Waals surface area contributed by atoms with Crippen LogP contribution >= 0.6 is 23.2 Å². The van der Waals surface area contributed by atoms with Gasteiger partial charge in [-0.15, -0.1) is 10.2 Å². The van der Waals surface area contributed by atoms with Gasteiger partial charge in [-0.1, -0.05) is 68.2 Å². The van der Waals surface area contributed by atoms with Crippen LogP contribution in [0.15, 0.2) is 61.2 Å². The second-order valence-electron chi connectivity index (χ2n) is 7.19. The number of hydrogen-bond acceptors (Lipinski definition) is 3. The van der Waals surface area contributed by atoms with Crippen molar-refractivity contribution in [3.63, 3.8) is 0 Å². The van der Waals surface area contributed by atoms with Crippen molar-refractivity contribution < 1.29 is 4.79 Å². The molecule has 1 aromatic heterocycles. The molecule has 0 aliphatic heterocycles. The summed E-state index contributed by atoms with van der Waals surface area (Å²) < 4.78 is 1.43. The molecule has 0 saturated carbocycles. The van der Waals surface area contributed by atoms with Crippen LogP contribution < -0.4 is 0 Å². The molecule has 0 radical (unpaired) electrons. The molecule has 3 rings (SSSR count). The summed E-state index contributed by atoms with van der Waals surface area (Å²) in [7, 11) is 0. The molecule has 3 aromatic rings. The minimum absolute atomic E-state index is 0.139. The Morgan fingerprint density at radius 3 is 1.54 bits per heavy atom. The van der Waals surface area contributed by atoms with Gasteiger partial charge in [-0.25, -0.2) is 0 Å². The van der Waals surface area contributed by atoms with Crippen LogP contribution in [0.5, 0.6) is 0 Å². The summed E-state index contributed by atoms with van der Waals surface area (Å²) in [6.07, 6.45) is 2.85. The van der Waals surface area contributed by atoms with Gasteiger partial charge in [0.15, 0.2) is 0 Å². The van der Waals surface area contributed by atoms with Crippen molar-refractivity contribution in [2.45, 2.75) is 26.2 Å². The number of halogens is 2. The number of benzene rings is 2. The molecule has 134 valence electrons. The van der Waals surface area contributed by atoms with E-state index >= 15 is 0 Å². The molecule has 0 N–H and O–H groups in total. The van der Waals surface area contributed by atoms with Crippen LogP contribution in [-0.4, -0.2) is 20.7 Å². The highest BCUT2D eigenvalue weighted by atomic mass is 35.5. The predicted molar refractivity (Wildman–Crippen MR) is 104 cm³/mol. The molecule has 1 heterocycles. The van der Waals surface area contributed by atoms with Crippen molar-refractivity contribution >= 4 is 29.1 Å². The molecular formula is C20H19Cl2N3O. The minimum atomic E-state index is -0.982. The molecule has 0 aliphatic rings. The quantitative estimate of drug-likeness (QED) is 0.615. The SMILES string of the molecule is CC(C)(C)C(C(=O)n1cnnc1)(c1ccc(Cl)cc1)c1ccc(Cl)cc1. The fraction of sp³-hybridized carbons (Fsp3) is 0.250. The van der Waals surface area contributed by atoms with Gasteiger partial charge in [0.1, 0.15) is 18.1 Å². The van der Waals surface area contributed by atoms with E-state index in [1.54, 1.807) is 24.3 Å². The van der Waals surface area contributed by atoms with Gasteiger partial charge in [0.25, 0.3) is 0 Å². The van der Waals surface area contributed by atoms with E-state index in [1.165, 1.54) is 17.2 Å². The van der Waals surface area contributed by atoms with Gasteiger partial charge in [-0.3, -0.25) is 9.36 Å². The van der Waals surface area contributed by atoms with Gasteiger partial charge in [-0.05, 0) is 40.8 Å². The Kier molecular flexibility index (Phi) is 4.91. The monoisotopic (exact) mass is 387 g/mol. The van der Waals surface area contributed by atoms with Crippen LogP contribution in [0.4, 0.5) is 0 Å². The lowest BCUT2D eigenvalue weighted by Gasteiger charge is -2.44. The number of carbonyl (C=O) groups is 1. The van der Waals surface area contributed by atoms with Crippen LogP contribution in [-0.2, 0) is 5.41 Å². The summed E-state index contributed by atoms with van der Waals surface area (Å²) in [5.74, 6) is -0.139. The normalized spacial score (nSPS) is 12.2. The van der Waals surface area contributed by atoms with Gasteiger partial charge in [0, 0.05) is 10.0 Å². The van der Waals surface area contributed by atoms with E-state index < -0.39 is 10.8 Å². The first-order valence-corrected chi connectivity index (χ1v) is 8.94. The van der Waals surface area contributed by atoms with Crippen molar-refractivity contribution in [3.8, 4) is 0 Å². The first-order valence-electron chi connectivity index (χ1n) is 8.18. The van der Waals surface area contributed by atoms with E-state index in [1.807, 2.05) is 45.0 Å². The summed E-state index contributed by atoms with van der Waals surface area (Å²) in [5.41, 5.74) is 0.242. The minimum Gasteiger partial charge on any atom is -0.273 e. The van der Waals surface area contributed by atoms with E-state index in [2.05, 4.69) is 10.2 Å². The molecule has 0 aliphatic carbocycles. The number of carbonyl (C=O) groups excluding carboxylic acids is 1. The van der Waals surface area contributed by atoms with Crippen LogP contribution in [0.25, 0.3) is 0 Å². The number of hydrogen-bond donors (Lipinski definition) is 0. The average Bonchev–Trinajstić information content (AvgIpc) is 3.12. The van der Waals surface area contributed by atoms with Gasteiger partial charge in [-0.2, -0.15) is 0 Å². The van der Waals surface area contributed by atoms with Crippen LogP contribution in [0.1, 0.15) is 36.7 Å². The van der Waals surface area contributed by atoms with Gasteiger partial charge in [0.05, 0.1) is 0 Å². The van der Waals surface area contributed by atoms with Crippen molar-refractivity contribution in [1.29, 1.82) is 0 Å². The molecule has 0 saturated heterocycles. The van der Waals surface area contributed by atoms with E-state index in [0.717, 1.165) is 11.1 Å². The topological polar surface area (TPSA) is 47.8 Å².